The molecule has 7 aliphatic rings. The summed E-state index contributed by atoms with van der Waals surface area (Å²) < 4.78 is 6.52. The fourth-order valence-electron chi connectivity index (χ4n) is 15.5. The van der Waals surface area contributed by atoms with Crippen molar-refractivity contribution in [2.45, 2.75) is 115 Å². The topological polar surface area (TPSA) is 13.1 Å². The summed E-state index contributed by atoms with van der Waals surface area (Å²) in [5.41, 5.74) is 6.25. The fourth-order valence-corrected chi connectivity index (χ4v) is 15.5. The first-order chi connectivity index (χ1) is 24.3. The third-order valence-corrected chi connectivity index (χ3v) is 17.1. The third-order valence-electron chi connectivity index (χ3n) is 17.1. The zero-order valence-corrected chi connectivity index (χ0v) is 29.8. The molecule has 1 heteroatoms. The molecule has 7 fully saturated rings. The van der Waals surface area contributed by atoms with E-state index in [1.54, 1.807) is 56.9 Å². The van der Waals surface area contributed by atoms with Crippen molar-refractivity contribution in [3.05, 3.63) is 72.3 Å². The van der Waals surface area contributed by atoms with Crippen molar-refractivity contribution < 1.29 is 4.42 Å². The Morgan fingerprint density at radius 3 is 1.57 bits per heavy atom. The first-order valence-corrected chi connectivity index (χ1v) is 21.3. The predicted octanol–water partition coefficient (Wildman–Crippen LogP) is 13.5. The Balaban J connectivity index is 0.925. The summed E-state index contributed by atoms with van der Waals surface area (Å²) >= 11 is 0. The highest BCUT2D eigenvalue weighted by molar-refractivity contribution is 6.09. The molecule has 0 radical (unpaired) electrons. The normalized spacial score (nSPS) is 41.5. The highest BCUT2D eigenvalue weighted by Crippen LogP contribution is 2.67. The van der Waals surface area contributed by atoms with Crippen molar-refractivity contribution in [1.82, 2.24) is 0 Å². The molecule has 0 aliphatic heterocycles. The quantitative estimate of drug-likeness (QED) is 0.210. The molecule has 1 aromatic heterocycles. The van der Waals surface area contributed by atoms with Crippen LogP contribution in [0.4, 0.5) is 0 Å². The summed E-state index contributed by atoms with van der Waals surface area (Å²) in [6.45, 7) is 0. The van der Waals surface area contributed by atoms with Gasteiger partial charge in [0.25, 0.3) is 0 Å². The Kier molecular flexibility index (Phi) is 7.39. The summed E-state index contributed by atoms with van der Waals surface area (Å²) in [6.07, 6.45) is 26.3. The average Bonchev–Trinajstić information content (AvgIpc) is 3.56. The number of para-hydroxylation sites is 2. The van der Waals surface area contributed by atoms with Crippen LogP contribution in [0, 0.1) is 71.0 Å². The first-order valence-electron chi connectivity index (χ1n) is 21.3. The number of rotatable bonds is 2. The SMILES string of the molecule is c1cc(-c2cccc3c2oc2ccccc23)cc(C2CCC3C4CCCCC4C4CC5C6CCCCC6C6CCCCC6C5CC4C3C2)c1. The van der Waals surface area contributed by atoms with Gasteiger partial charge in [-0.15, -0.1) is 0 Å². The molecule has 256 valence electrons. The van der Waals surface area contributed by atoms with Crippen LogP contribution in [0.3, 0.4) is 0 Å². The summed E-state index contributed by atoms with van der Waals surface area (Å²) in [5.74, 6) is 13.4. The van der Waals surface area contributed by atoms with Gasteiger partial charge in [-0.1, -0.05) is 99.2 Å². The van der Waals surface area contributed by atoms with Gasteiger partial charge in [0.15, 0.2) is 0 Å². The van der Waals surface area contributed by atoms with Gasteiger partial charge in [-0.05, 0) is 165 Å². The van der Waals surface area contributed by atoms with E-state index in [0.717, 1.165) is 82.2 Å². The zero-order valence-electron chi connectivity index (χ0n) is 29.8. The largest absolute Gasteiger partial charge is 0.455 e. The molecule has 1 heterocycles. The molecule has 13 unspecified atom stereocenters. The van der Waals surface area contributed by atoms with Crippen molar-refractivity contribution in [3.63, 3.8) is 0 Å². The van der Waals surface area contributed by atoms with Gasteiger partial charge in [0.05, 0.1) is 0 Å². The molecule has 11 rings (SSSR count). The van der Waals surface area contributed by atoms with E-state index in [9.17, 15) is 0 Å². The van der Waals surface area contributed by atoms with Crippen LogP contribution in [0.15, 0.2) is 71.1 Å². The van der Waals surface area contributed by atoms with Gasteiger partial charge < -0.3 is 4.42 Å². The van der Waals surface area contributed by atoms with Crippen molar-refractivity contribution >= 4 is 21.9 Å². The number of hydrogen-bond acceptors (Lipinski definition) is 1. The highest BCUT2D eigenvalue weighted by atomic mass is 16.3. The van der Waals surface area contributed by atoms with Crippen LogP contribution in [0.25, 0.3) is 33.1 Å². The number of benzene rings is 3. The van der Waals surface area contributed by atoms with Crippen LogP contribution in [-0.2, 0) is 0 Å². The standard InChI is InChI=1S/C48H58O/c1-4-16-36-33(13-1)34-14-2-5-17-37(34)44-28-46-42-26-30(23-24-39(42)35-15-3-6-18-38(35)45(46)27-43(36)44)29-11-9-12-31(25-29)32-20-10-21-41-40-19-7-8-22-47(40)49-48(32)41/h7-12,19-22,25,30,33-39,42-46H,1-6,13-18,23-24,26-28H2. The van der Waals surface area contributed by atoms with E-state index >= 15 is 0 Å². The van der Waals surface area contributed by atoms with Gasteiger partial charge in [0.1, 0.15) is 11.2 Å². The van der Waals surface area contributed by atoms with E-state index in [0.29, 0.717) is 5.92 Å². The van der Waals surface area contributed by atoms with E-state index in [4.69, 9.17) is 4.42 Å². The van der Waals surface area contributed by atoms with Gasteiger partial charge in [0.2, 0.25) is 0 Å². The second-order valence-electron chi connectivity index (χ2n) is 18.7. The molecule has 13 atom stereocenters. The Bertz CT molecular complexity index is 1830. The van der Waals surface area contributed by atoms with Crippen molar-refractivity contribution in [2.24, 2.45) is 71.0 Å². The van der Waals surface area contributed by atoms with Gasteiger partial charge >= 0.3 is 0 Å². The predicted molar refractivity (Wildman–Crippen MR) is 202 cm³/mol. The van der Waals surface area contributed by atoms with E-state index in [2.05, 4.69) is 66.7 Å². The lowest BCUT2D eigenvalue weighted by molar-refractivity contribution is -0.155. The molecule has 7 aliphatic carbocycles. The van der Waals surface area contributed by atoms with Crippen molar-refractivity contribution in [3.8, 4) is 11.1 Å². The molecule has 3 aromatic carbocycles. The Morgan fingerprint density at radius 1 is 0.408 bits per heavy atom. The second kappa shape index (κ2) is 12.0. The van der Waals surface area contributed by atoms with Crippen LogP contribution in [0.2, 0.25) is 0 Å². The molecule has 0 amide bonds. The first kappa shape index (κ1) is 30.1. The van der Waals surface area contributed by atoms with Crippen LogP contribution in [0.1, 0.15) is 121 Å². The molecule has 7 saturated carbocycles. The smallest absolute Gasteiger partial charge is 0.143 e. The summed E-state index contributed by atoms with van der Waals surface area (Å²) in [4.78, 5) is 0. The Morgan fingerprint density at radius 2 is 0.918 bits per heavy atom. The number of hydrogen-bond donors (Lipinski definition) is 0. The molecular weight excluding hydrogens is 593 g/mol. The molecule has 4 aromatic rings. The summed E-state index contributed by atoms with van der Waals surface area (Å²) in [5, 5.41) is 2.47. The fraction of sp³-hybridized carbons (Fsp3) is 0.625. The highest BCUT2D eigenvalue weighted by Gasteiger charge is 2.59. The van der Waals surface area contributed by atoms with Gasteiger partial charge in [0, 0.05) is 16.3 Å². The van der Waals surface area contributed by atoms with E-state index in [1.807, 2.05) is 0 Å². The van der Waals surface area contributed by atoms with Crippen LogP contribution in [-0.4, -0.2) is 0 Å². The third kappa shape index (κ3) is 4.75. The maximum atomic E-state index is 6.52. The van der Waals surface area contributed by atoms with Gasteiger partial charge in [-0.2, -0.15) is 0 Å². The van der Waals surface area contributed by atoms with Crippen LogP contribution in [0.5, 0.6) is 0 Å². The van der Waals surface area contributed by atoms with Gasteiger partial charge in [-0.3, -0.25) is 0 Å². The van der Waals surface area contributed by atoms with Gasteiger partial charge in [-0.25, -0.2) is 0 Å². The maximum absolute atomic E-state index is 6.52. The minimum atomic E-state index is 0.714. The van der Waals surface area contributed by atoms with Crippen molar-refractivity contribution in [2.75, 3.05) is 0 Å². The van der Waals surface area contributed by atoms with E-state index in [-0.39, 0.29) is 0 Å². The molecule has 1 nitrogen and oxygen atoms in total. The molecule has 0 saturated heterocycles. The lowest BCUT2D eigenvalue weighted by Crippen LogP contribution is -2.57. The van der Waals surface area contributed by atoms with E-state index in [1.165, 1.54) is 79.7 Å². The molecule has 0 N–H and O–H groups in total. The Labute approximate surface area is 295 Å². The molecule has 0 bridgehead atoms. The number of fused-ring (bicyclic) bond motifs is 15. The molecule has 0 spiro atoms. The van der Waals surface area contributed by atoms with Crippen molar-refractivity contribution in [1.29, 1.82) is 0 Å². The summed E-state index contributed by atoms with van der Waals surface area (Å²) in [7, 11) is 0. The molecular formula is C48H58O. The zero-order chi connectivity index (χ0) is 32.1. The minimum Gasteiger partial charge on any atom is -0.455 e. The summed E-state index contributed by atoms with van der Waals surface area (Å²) in [6, 6.07) is 25.1. The number of furan rings is 1. The van der Waals surface area contributed by atoms with Crippen LogP contribution < -0.4 is 0 Å². The Hall–Kier alpha value is -2.54. The van der Waals surface area contributed by atoms with E-state index < -0.39 is 0 Å². The monoisotopic (exact) mass is 650 g/mol. The minimum absolute atomic E-state index is 0.714. The van der Waals surface area contributed by atoms with Crippen LogP contribution >= 0.6 is 0 Å². The lowest BCUT2D eigenvalue weighted by atomic mass is 9.40. The lowest BCUT2D eigenvalue weighted by Gasteiger charge is -2.65. The maximum Gasteiger partial charge on any atom is 0.143 e. The second-order valence-corrected chi connectivity index (χ2v) is 18.7. The average molecular weight is 651 g/mol. The molecule has 49 heavy (non-hydrogen) atoms.